The second-order valence-electron chi connectivity index (χ2n) is 4.19. The van der Waals surface area contributed by atoms with Crippen molar-refractivity contribution in [3.05, 3.63) is 48.3 Å². The largest absolute Gasteiger partial charge is 0.573 e. The first kappa shape index (κ1) is 14.3. The maximum Gasteiger partial charge on any atom is 0.573 e. The first-order valence-electron chi connectivity index (χ1n) is 5.92. The molecule has 0 atom stereocenters. The molecule has 0 saturated heterocycles. The summed E-state index contributed by atoms with van der Waals surface area (Å²) in [6, 6.07) is 7.70. The molecule has 1 aromatic carbocycles. The molecule has 0 spiro atoms. The van der Waals surface area contributed by atoms with Gasteiger partial charge in [0.25, 0.3) is 0 Å². The molecule has 1 N–H and O–H groups in total. The van der Waals surface area contributed by atoms with Crippen molar-refractivity contribution in [2.24, 2.45) is 0 Å². The summed E-state index contributed by atoms with van der Waals surface area (Å²) >= 11 is 0. The van der Waals surface area contributed by atoms with Crippen molar-refractivity contribution in [3.63, 3.8) is 0 Å². The van der Waals surface area contributed by atoms with Crippen LogP contribution in [0.15, 0.2) is 42.7 Å². The van der Waals surface area contributed by atoms with Crippen LogP contribution >= 0.6 is 0 Å². The molecule has 0 radical (unpaired) electrons. The number of pyridine rings is 1. The molecule has 0 amide bonds. The Hall–Kier alpha value is -2.08. The zero-order valence-electron chi connectivity index (χ0n) is 10.7. The lowest BCUT2D eigenvalue weighted by atomic mass is 10.1. The summed E-state index contributed by atoms with van der Waals surface area (Å²) in [5.74, 6) is -0.242. The lowest BCUT2D eigenvalue weighted by Crippen LogP contribution is -2.17. The fraction of sp³-hybridized carbons (Fsp3) is 0.214. The van der Waals surface area contributed by atoms with E-state index >= 15 is 0 Å². The maximum absolute atomic E-state index is 12.2. The Balaban J connectivity index is 2.28. The summed E-state index contributed by atoms with van der Waals surface area (Å²) in [6.45, 7) is 0.638. The van der Waals surface area contributed by atoms with Gasteiger partial charge in [-0.3, -0.25) is 4.98 Å². The summed E-state index contributed by atoms with van der Waals surface area (Å²) in [7, 11) is 1.81. The van der Waals surface area contributed by atoms with E-state index in [4.69, 9.17) is 0 Å². The molecule has 20 heavy (non-hydrogen) atoms. The van der Waals surface area contributed by atoms with Gasteiger partial charge in [0.05, 0.1) is 0 Å². The van der Waals surface area contributed by atoms with Crippen molar-refractivity contribution in [1.29, 1.82) is 0 Å². The molecule has 1 aromatic heterocycles. The van der Waals surface area contributed by atoms with E-state index in [2.05, 4.69) is 15.0 Å². The van der Waals surface area contributed by atoms with Gasteiger partial charge >= 0.3 is 6.36 Å². The van der Waals surface area contributed by atoms with Gasteiger partial charge in [0, 0.05) is 24.5 Å². The van der Waals surface area contributed by atoms with E-state index < -0.39 is 6.36 Å². The number of hydrogen-bond donors (Lipinski definition) is 1. The number of benzene rings is 1. The van der Waals surface area contributed by atoms with Crippen molar-refractivity contribution in [2.75, 3.05) is 7.05 Å². The zero-order valence-corrected chi connectivity index (χ0v) is 10.7. The third-order valence-corrected chi connectivity index (χ3v) is 2.58. The number of rotatable bonds is 4. The first-order valence-corrected chi connectivity index (χ1v) is 5.92. The molecule has 0 saturated carbocycles. The van der Waals surface area contributed by atoms with Gasteiger partial charge in [0.2, 0.25) is 0 Å². The van der Waals surface area contributed by atoms with Gasteiger partial charge in [0.1, 0.15) is 5.75 Å². The van der Waals surface area contributed by atoms with Gasteiger partial charge in [-0.2, -0.15) is 0 Å². The SMILES string of the molecule is CNCc1cncc(-c2cccc(OC(F)(F)F)c2)c1. The maximum atomic E-state index is 12.2. The lowest BCUT2D eigenvalue weighted by Gasteiger charge is -2.10. The average molecular weight is 282 g/mol. The topological polar surface area (TPSA) is 34.2 Å². The van der Waals surface area contributed by atoms with Gasteiger partial charge in [-0.15, -0.1) is 13.2 Å². The van der Waals surface area contributed by atoms with Crippen LogP contribution in [0.25, 0.3) is 11.1 Å². The van der Waals surface area contributed by atoms with E-state index in [-0.39, 0.29) is 5.75 Å². The summed E-state index contributed by atoms with van der Waals surface area (Å²) in [5, 5.41) is 2.99. The molecule has 0 bridgehead atoms. The average Bonchev–Trinajstić information content (AvgIpc) is 2.38. The molecule has 2 aromatic rings. The molecule has 0 aliphatic rings. The Morgan fingerprint density at radius 3 is 2.65 bits per heavy atom. The second kappa shape index (κ2) is 5.92. The normalized spacial score (nSPS) is 11.4. The Morgan fingerprint density at radius 2 is 1.95 bits per heavy atom. The fourth-order valence-electron chi connectivity index (χ4n) is 1.82. The molecule has 0 unspecified atom stereocenters. The van der Waals surface area contributed by atoms with Crippen molar-refractivity contribution in [3.8, 4) is 16.9 Å². The second-order valence-corrected chi connectivity index (χ2v) is 4.19. The van der Waals surface area contributed by atoms with Crippen LogP contribution in [0.1, 0.15) is 5.56 Å². The fourth-order valence-corrected chi connectivity index (χ4v) is 1.82. The number of aromatic nitrogens is 1. The minimum atomic E-state index is -4.69. The minimum absolute atomic E-state index is 0.242. The van der Waals surface area contributed by atoms with Crippen molar-refractivity contribution in [2.45, 2.75) is 12.9 Å². The van der Waals surface area contributed by atoms with E-state index in [1.807, 2.05) is 13.1 Å². The summed E-state index contributed by atoms with van der Waals surface area (Å²) in [5.41, 5.74) is 2.31. The van der Waals surface area contributed by atoms with Crippen LogP contribution in [0.2, 0.25) is 0 Å². The van der Waals surface area contributed by atoms with Crippen LogP contribution < -0.4 is 10.1 Å². The molecule has 0 aliphatic heterocycles. The molecule has 2 rings (SSSR count). The summed E-state index contributed by atoms with van der Waals surface area (Å²) < 4.78 is 40.5. The molecule has 0 fully saturated rings. The monoisotopic (exact) mass is 282 g/mol. The summed E-state index contributed by atoms with van der Waals surface area (Å²) in [4.78, 5) is 4.08. The predicted molar refractivity (Wildman–Crippen MR) is 69.1 cm³/mol. The first-order chi connectivity index (χ1) is 9.48. The Kier molecular flexibility index (Phi) is 4.24. The number of alkyl halides is 3. The van der Waals surface area contributed by atoms with Gasteiger partial charge in [-0.05, 0) is 36.4 Å². The van der Waals surface area contributed by atoms with Crippen LogP contribution in [0.4, 0.5) is 13.2 Å². The number of nitrogens with zero attached hydrogens (tertiary/aromatic N) is 1. The quantitative estimate of drug-likeness (QED) is 0.933. The van der Waals surface area contributed by atoms with Crippen LogP contribution in [-0.2, 0) is 6.54 Å². The van der Waals surface area contributed by atoms with E-state index in [0.717, 1.165) is 11.1 Å². The highest BCUT2D eigenvalue weighted by molar-refractivity contribution is 5.64. The summed E-state index contributed by atoms with van der Waals surface area (Å²) in [6.07, 6.45) is -1.38. The number of nitrogens with one attached hydrogen (secondary N) is 1. The molecular formula is C14H13F3N2O. The van der Waals surface area contributed by atoms with Crippen LogP contribution in [0, 0.1) is 0 Å². The lowest BCUT2D eigenvalue weighted by molar-refractivity contribution is -0.274. The molecule has 6 heteroatoms. The van der Waals surface area contributed by atoms with Gasteiger partial charge in [-0.1, -0.05) is 12.1 Å². The Morgan fingerprint density at radius 1 is 1.15 bits per heavy atom. The molecule has 3 nitrogen and oxygen atoms in total. The molecule has 0 aliphatic carbocycles. The van der Waals surface area contributed by atoms with Crippen LogP contribution in [-0.4, -0.2) is 18.4 Å². The highest BCUT2D eigenvalue weighted by atomic mass is 19.4. The van der Waals surface area contributed by atoms with E-state index in [1.54, 1.807) is 18.5 Å². The van der Waals surface area contributed by atoms with E-state index in [9.17, 15) is 13.2 Å². The highest BCUT2D eigenvalue weighted by Gasteiger charge is 2.31. The standard InChI is InChI=1S/C14H13F3N2O/c1-18-7-10-5-12(9-19-8-10)11-3-2-4-13(6-11)20-14(15,16)17/h2-6,8-9,18H,7H2,1H3. The van der Waals surface area contributed by atoms with Crippen molar-refractivity contribution < 1.29 is 17.9 Å². The van der Waals surface area contributed by atoms with E-state index in [1.165, 1.54) is 18.2 Å². The van der Waals surface area contributed by atoms with Gasteiger partial charge < -0.3 is 10.1 Å². The molecule has 106 valence electrons. The predicted octanol–water partition coefficient (Wildman–Crippen LogP) is 3.37. The van der Waals surface area contributed by atoms with Crippen LogP contribution in [0.5, 0.6) is 5.75 Å². The van der Waals surface area contributed by atoms with Gasteiger partial charge in [-0.25, -0.2) is 0 Å². The van der Waals surface area contributed by atoms with E-state index in [0.29, 0.717) is 12.1 Å². The van der Waals surface area contributed by atoms with Crippen molar-refractivity contribution >= 4 is 0 Å². The molecule has 1 heterocycles. The van der Waals surface area contributed by atoms with Gasteiger partial charge in [0.15, 0.2) is 0 Å². The third-order valence-electron chi connectivity index (χ3n) is 2.58. The minimum Gasteiger partial charge on any atom is -0.406 e. The molecular weight excluding hydrogens is 269 g/mol. The van der Waals surface area contributed by atoms with Crippen molar-refractivity contribution in [1.82, 2.24) is 10.3 Å². The Bertz CT molecular complexity index is 585. The third kappa shape index (κ3) is 3.96. The number of halogens is 3. The van der Waals surface area contributed by atoms with Crippen LogP contribution in [0.3, 0.4) is 0 Å². The number of hydrogen-bond acceptors (Lipinski definition) is 3. The highest BCUT2D eigenvalue weighted by Crippen LogP contribution is 2.27. The zero-order chi connectivity index (χ0) is 14.6. The smallest absolute Gasteiger partial charge is 0.406 e. The Labute approximate surface area is 114 Å². The number of ether oxygens (including phenoxy) is 1.